The molecule has 0 bridgehead atoms. The zero-order valence-corrected chi connectivity index (χ0v) is 14.9. The molecule has 1 aliphatic rings. The Bertz CT molecular complexity index is 710. The minimum Gasteiger partial charge on any atom is -0.463 e. The van der Waals surface area contributed by atoms with Gasteiger partial charge in [0.05, 0.1) is 36.0 Å². The van der Waals surface area contributed by atoms with Gasteiger partial charge in [0.25, 0.3) is 6.43 Å². The molecule has 25 heavy (non-hydrogen) atoms. The number of nitrogens with one attached hydrogen (secondary N) is 1. The van der Waals surface area contributed by atoms with Crippen molar-refractivity contribution in [2.45, 2.75) is 33.1 Å². The molecule has 0 aromatic carbocycles. The molecular weight excluding hydrogens is 352 g/mol. The Morgan fingerprint density at radius 2 is 1.80 bits per heavy atom. The van der Waals surface area contributed by atoms with Gasteiger partial charge in [-0.15, -0.1) is 11.3 Å². The molecule has 1 unspecified atom stereocenters. The molecule has 2 rings (SSSR count). The minimum absolute atomic E-state index is 0.0352. The highest BCUT2D eigenvalue weighted by atomic mass is 32.1. The summed E-state index contributed by atoms with van der Waals surface area (Å²) < 4.78 is 37.2. The van der Waals surface area contributed by atoms with Crippen molar-refractivity contribution in [3.8, 4) is 0 Å². The van der Waals surface area contributed by atoms with Crippen LogP contribution in [-0.4, -0.2) is 31.6 Å². The summed E-state index contributed by atoms with van der Waals surface area (Å²) in [7, 11) is 0. The second-order valence-corrected chi connectivity index (χ2v) is 6.16. The van der Waals surface area contributed by atoms with Gasteiger partial charge in [-0.1, -0.05) is 6.07 Å². The molecular formula is C17H19F2NO4S. The Kier molecular flexibility index (Phi) is 6.30. The first kappa shape index (κ1) is 19.1. The number of carbonyl (C=O) groups is 2. The molecule has 136 valence electrons. The van der Waals surface area contributed by atoms with E-state index in [1.807, 2.05) is 0 Å². The lowest BCUT2D eigenvalue weighted by Gasteiger charge is -2.30. The maximum Gasteiger partial charge on any atom is 0.337 e. The van der Waals surface area contributed by atoms with Crippen LogP contribution in [0.4, 0.5) is 8.78 Å². The Morgan fingerprint density at radius 1 is 1.20 bits per heavy atom. The van der Waals surface area contributed by atoms with Crippen LogP contribution in [0, 0.1) is 0 Å². The standard InChI is InChI=1S/C17H19F2NO4S/c1-4-23-16(21)11-9(3)20-14(15(18)19)13(17(22)24-5-2)12(11)10-7-6-8-25-10/h6-8,12,15,20H,4-5H2,1-3H3. The van der Waals surface area contributed by atoms with E-state index in [0.717, 1.165) is 0 Å². The second kappa shape index (κ2) is 8.24. The van der Waals surface area contributed by atoms with E-state index in [0.29, 0.717) is 4.88 Å². The average Bonchev–Trinajstić information content (AvgIpc) is 3.08. The van der Waals surface area contributed by atoms with Gasteiger partial charge in [-0.05, 0) is 32.2 Å². The largest absolute Gasteiger partial charge is 0.463 e. The molecule has 0 amide bonds. The Labute approximate surface area is 148 Å². The number of carbonyl (C=O) groups excluding carboxylic acids is 2. The first-order valence-corrected chi connectivity index (χ1v) is 8.67. The van der Waals surface area contributed by atoms with Gasteiger partial charge in [0.2, 0.25) is 0 Å². The molecule has 8 heteroatoms. The summed E-state index contributed by atoms with van der Waals surface area (Å²) in [6.07, 6.45) is -2.92. The summed E-state index contributed by atoms with van der Waals surface area (Å²) in [6.45, 7) is 4.92. The molecule has 0 saturated carbocycles. The summed E-state index contributed by atoms with van der Waals surface area (Å²) in [6, 6.07) is 3.42. The van der Waals surface area contributed by atoms with E-state index in [9.17, 15) is 18.4 Å². The smallest absolute Gasteiger partial charge is 0.337 e. The summed E-state index contributed by atoms with van der Waals surface area (Å²) in [5.41, 5.74) is -0.424. The van der Waals surface area contributed by atoms with Gasteiger partial charge in [-0.2, -0.15) is 0 Å². The zero-order chi connectivity index (χ0) is 18.6. The molecule has 0 spiro atoms. The van der Waals surface area contributed by atoms with E-state index in [2.05, 4.69) is 5.32 Å². The summed E-state index contributed by atoms with van der Waals surface area (Å²) >= 11 is 1.27. The van der Waals surface area contributed by atoms with Crippen molar-refractivity contribution < 1.29 is 27.8 Å². The van der Waals surface area contributed by atoms with E-state index in [1.54, 1.807) is 31.4 Å². The van der Waals surface area contributed by atoms with Crippen LogP contribution in [-0.2, 0) is 19.1 Å². The van der Waals surface area contributed by atoms with Crippen molar-refractivity contribution in [3.63, 3.8) is 0 Å². The van der Waals surface area contributed by atoms with Gasteiger partial charge >= 0.3 is 11.9 Å². The number of halogens is 2. The average molecular weight is 371 g/mol. The van der Waals surface area contributed by atoms with E-state index >= 15 is 0 Å². The van der Waals surface area contributed by atoms with E-state index < -0.39 is 30.0 Å². The third-order valence-corrected chi connectivity index (χ3v) is 4.57. The van der Waals surface area contributed by atoms with Gasteiger partial charge in [0.1, 0.15) is 0 Å². The lowest BCUT2D eigenvalue weighted by atomic mass is 9.84. The molecule has 1 N–H and O–H groups in total. The fourth-order valence-corrected chi connectivity index (χ4v) is 3.52. The van der Waals surface area contributed by atoms with Crippen LogP contribution in [0.2, 0.25) is 0 Å². The lowest BCUT2D eigenvalue weighted by molar-refractivity contribution is -0.139. The van der Waals surface area contributed by atoms with Crippen LogP contribution in [0.5, 0.6) is 0 Å². The number of esters is 2. The van der Waals surface area contributed by atoms with Crippen LogP contribution in [0.1, 0.15) is 31.6 Å². The molecule has 0 aliphatic carbocycles. The molecule has 0 fully saturated rings. The first-order valence-electron chi connectivity index (χ1n) is 7.79. The highest BCUT2D eigenvalue weighted by molar-refractivity contribution is 7.10. The normalized spacial score (nSPS) is 17.6. The lowest BCUT2D eigenvalue weighted by Crippen LogP contribution is -2.35. The molecule has 2 heterocycles. The van der Waals surface area contributed by atoms with Gasteiger partial charge in [-0.3, -0.25) is 0 Å². The minimum atomic E-state index is -2.92. The van der Waals surface area contributed by atoms with Gasteiger partial charge in [-0.25, -0.2) is 18.4 Å². The molecule has 0 saturated heterocycles. The highest BCUT2D eigenvalue weighted by Crippen LogP contribution is 2.42. The number of rotatable bonds is 6. The van der Waals surface area contributed by atoms with E-state index in [4.69, 9.17) is 9.47 Å². The fraction of sp³-hybridized carbons (Fsp3) is 0.412. The van der Waals surface area contributed by atoms with Gasteiger partial charge in [0.15, 0.2) is 0 Å². The van der Waals surface area contributed by atoms with Gasteiger partial charge < -0.3 is 14.8 Å². The molecule has 1 aromatic rings. The Morgan fingerprint density at radius 3 is 2.28 bits per heavy atom. The number of alkyl halides is 2. The van der Waals surface area contributed by atoms with Crippen LogP contribution in [0.15, 0.2) is 40.1 Å². The predicted molar refractivity (Wildman–Crippen MR) is 89.2 cm³/mol. The SMILES string of the molecule is CCOC(=O)C1=C(C)NC(C(F)F)=C(C(=O)OCC)C1c1cccs1. The predicted octanol–water partition coefficient (Wildman–Crippen LogP) is 3.35. The maximum absolute atomic E-state index is 13.6. The number of ether oxygens (including phenoxy) is 2. The molecule has 1 atom stereocenters. The van der Waals surface area contributed by atoms with Crippen molar-refractivity contribution in [2.24, 2.45) is 0 Å². The van der Waals surface area contributed by atoms with E-state index in [1.165, 1.54) is 18.3 Å². The quantitative estimate of drug-likeness (QED) is 0.777. The van der Waals surface area contributed by atoms with Crippen LogP contribution in [0.25, 0.3) is 0 Å². The van der Waals surface area contributed by atoms with Crippen LogP contribution >= 0.6 is 11.3 Å². The maximum atomic E-state index is 13.6. The van der Waals surface area contributed by atoms with Crippen molar-refractivity contribution >= 4 is 23.3 Å². The molecule has 0 radical (unpaired) electrons. The molecule has 5 nitrogen and oxygen atoms in total. The number of dihydropyridines is 1. The Balaban J connectivity index is 2.65. The van der Waals surface area contributed by atoms with Crippen molar-refractivity contribution in [2.75, 3.05) is 13.2 Å². The number of hydrogen-bond donors (Lipinski definition) is 1. The Hall–Kier alpha value is -2.22. The second-order valence-electron chi connectivity index (χ2n) is 5.18. The first-order chi connectivity index (χ1) is 11.9. The summed E-state index contributed by atoms with van der Waals surface area (Å²) in [5.74, 6) is -2.48. The fourth-order valence-electron chi connectivity index (χ4n) is 2.68. The third-order valence-electron chi connectivity index (χ3n) is 3.63. The topological polar surface area (TPSA) is 64.6 Å². The highest BCUT2D eigenvalue weighted by Gasteiger charge is 2.41. The van der Waals surface area contributed by atoms with Gasteiger partial charge in [0, 0.05) is 10.6 Å². The van der Waals surface area contributed by atoms with Crippen molar-refractivity contribution in [3.05, 3.63) is 44.9 Å². The van der Waals surface area contributed by atoms with E-state index in [-0.39, 0.29) is 30.1 Å². The zero-order valence-electron chi connectivity index (χ0n) is 14.1. The van der Waals surface area contributed by atoms with Crippen LogP contribution in [0.3, 0.4) is 0 Å². The number of allylic oxidation sites excluding steroid dienone is 2. The number of hydrogen-bond acceptors (Lipinski definition) is 6. The number of thiophene rings is 1. The molecule has 1 aliphatic heterocycles. The van der Waals surface area contributed by atoms with Crippen molar-refractivity contribution in [1.29, 1.82) is 0 Å². The summed E-state index contributed by atoms with van der Waals surface area (Å²) in [4.78, 5) is 25.5. The summed E-state index contributed by atoms with van der Waals surface area (Å²) in [5, 5.41) is 4.25. The molecule has 1 aromatic heterocycles. The third kappa shape index (κ3) is 3.89. The van der Waals surface area contributed by atoms with Crippen LogP contribution < -0.4 is 5.32 Å². The van der Waals surface area contributed by atoms with Crippen molar-refractivity contribution in [1.82, 2.24) is 5.32 Å². The monoisotopic (exact) mass is 371 g/mol.